The number of hydrogen-bond donors (Lipinski definition) is 2. The van der Waals surface area contributed by atoms with Gasteiger partial charge in [0.2, 0.25) is 4.96 Å². The predicted octanol–water partition coefficient (Wildman–Crippen LogP) is 3.06. The quantitative estimate of drug-likeness (QED) is 0.500. The van der Waals surface area contributed by atoms with E-state index in [1.807, 2.05) is 42.6 Å². The molecule has 0 aliphatic heterocycles. The van der Waals surface area contributed by atoms with Crippen molar-refractivity contribution in [3.8, 4) is 11.4 Å². The van der Waals surface area contributed by atoms with Crippen LogP contribution in [-0.2, 0) is 16.0 Å². The molecule has 2 aromatic carbocycles. The highest BCUT2D eigenvalue weighted by molar-refractivity contribution is 7.15. The predicted molar refractivity (Wildman–Crippen MR) is 113 cm³/mol. The molecule has 2 N–H and O–H groups in total. The second-order valence-corrected chi connectivity index (χ2v) is 7.39. The minimum atomic E-state index is -0.686. The molecule has 2 aromatic heterocycles. The number of nitrogens with zero attached hydrogens (tertiary/aromatic N) is 3. The van der Waals surface area contributed by atoms with Crippen LogP contribution in [0.3, 0.4) is 0 Å². The molecule has 0 unspecified atom stereocenters. The van der Waals surface area contributed by atoms with E-state index in [2.05, 4.69) is 20.7 Å². The number of para-hydroxylation sites is 1. The lowest BCUT2D eigenvalue weighted by molar-refractivity contribution is -0.136. The van der Waals surface area contributed by atoms with Crippen LogP contribution in [0.4, 0.5) is 5.69 Å². The van der Waals surface area contributed by atoms with E-state index < -0.39 is 11.8 Å². The summed E-state index contributed by atoms with van der Waals surface area (Å²) < 4.78 is 1.79. The molecule has 2 amide bonds. The number of fused-ring (bicyclic) bond motifs is 1. The van der Waals surface area contributed by atoms with Crippen LogP contribution in [0, 0.1) is 6.92 Å². The van der Waals surface area contributed by atoms with Crippen molar-refractivity contribution in [3.63, 3.8) is 0 Å². The first-order valence-electron chi connectivity index (χ1n) is 9.14. The average molecular weight is 405 g/mol. The maximum Gasteiger partial charge on any atom is 0.313 e. The van der Waals surface area contributed by atoms with Crippen molar-refractivity contribution in [1.29, 1.82) is 0 Å². The lowest BCUT2D eigenvalue weighted by atomic mass is 10.1. The summed E-state index contributed by atoms with van der Waals surface area (Å²) in [6.45, 7) is 2.36. The molecular formula is C21H19N5O2S. The monoisotopic (exact) mass is 405 g/mol. The van der Waals surface area contributed by atoms with Crippen molar-refractivity contribution in [2.45, 2.75) is 13.3 Å². The number of aromatic nitrogens is 3. The Bertz CT molecular complexity index is 1150. The molecule has 4 rings (SSSR count). The van der Waals surface area contributed by atoms with Gasteiger partial charge in [0.1, 0.15) is 0 Å². The third kappa shape index (κ3) is 4.33. The van der Waals surface area contributed by atoms with Crippen molar-refractivity contribution < 1.29 is 9.59 Å². The normalized spacial score (nSPS) is 10.8. The van der Waals surface area contributed by atoms with Gasteiger partial charge in [-0.2, -0.15) is 4.98 Å². The molecular weight excluding hydrogens is 386 g/mol. The van der Waals surface area contributed by atoms with Crippen LogP contribution in [0.1, 0.15) is 11.3 Å². The highest BCUT2D eigenvalue weighted by Gasteiger charge is 2.15. The molecule has 0 saturated heterocycles. The number of anilines is 1. The van der Waals surface area contributed by atoms with Gasteiger partial charge in [0.25, 0.3) is 0 Å². The Balaban J connectivity index is 1.36. The molecule has 7 nitrogen and oxygen atoms in total. The van der Waals surface area contributed by atoms with Gasteiger partial charge in [0.15, 0.2) is 5.82 Å². The first-order valence-corrected chi connectivity index (χ1v) is 10.0. The van der Waals surface area contributed by atoms with Gasteiger partial charge in [0.05, 0.1) is 5.69 Å². The van der Waals surface area contributed by atoms with Crippen molar-refractivity contribution >= 4 is 33.8 Å². The van der Waals surface area contributed by atoms with Gasteiger partial charge in [-0.1, -0.05) is 48.0 Å². The summed E-state index contributed by atoms with van der Waals surface area (Å²) in [6.07, 6.45) is 0.543. The number of rotatable bonds is 5. The zero-order valence-electron chi connectivity index (χ0n) is 15.8. The molecule has 0 saturated carbocycles. The molecule has 0 fully saturated rings. The summed E-state index contributed by atoms with van der Waals surface area (Å²) in [5.74, 6) is -0.683. The number of carbonyl (C=O) groups excluding carboxylic acids is 2. The molecule has 29 heavy (non-hydrogen) atoms. The molecule has 8 heteroatoms. The van der Waals surface area contributed by atoms with Gasteiger partial charge in [0, 0.05) is 29.6 Å². The van der Waals surface area contributed by atoms with E-state index in [0.717, 1.165) is 16.2 Å². The number of benzene rings is 2. The van der Waals surface area contributed by atoms with Gasteiger partial charge in [-0.25, -0.2) is 4.52 Å². The molecule has 0 atom stereocenters. The van der Waals surface area contributed by atoms with Gasteiger partial charge in [-0.15, -0.1) is 16.4 Å². The lowest BCUT2D eigenvalue weighted by Crippen LogP contribution is -2.36. The molecule has 0 spiro atoms. The summed E-state index contributed by atoms with van der Waals surface area (Å²) in [7, 11) is 0. The first-order chi connectivity index (χ1) is 14.1. The van der Waals surface area contributed by atoms with Crippen LogP contribution < -0.4 is 10.6 Å². The van der Waals surface area contributed by atoms with Crippen LogP contribution in [0.5, 0.6) is 0 Å². The number of carbonyl (C=O) groups is 2. The molecule has 0 aliphatic carbocycles. The van der Waals surface area contributed by atoms with E-state index >= 15 is 0 Å². The van der Waals surface area contributed by atoms with Crippen molar-refractivity contribution in [2.24, 2.45) is 0 Å². The number of hydrogen-bond acceptors (Lipinski definition) is 5. The Labute approximate surface area is 171 Å². The van der Waals surface area contributed by atoms with E-state index in [1.54, 1.807) is 28.8 Å². The molecule has 2 heterocycles. The molecule has 4 aromatic rings. The summed E-state index contributed by atoms with van der Waals surface area (Å²) in [4.78, 5) is 29.3. The summed E-state index contributed by atoms with van der Waals surface area (Å²) >= 11 is 1.50. The maximum absolute atomic E-state index is 12.0. The number of nitrogens with one attached hydrogen (secondary N) is 2. The topological polar surface area (TPSA) is 88.4 Å². The Morgan fingerprint density at radius 3 is 2.55 bits per heavy atom. The van der Waals surface area contributed by atoms with E-state index in [-0.39, 0.29) is 0 Å². The van der Waals surface area contributed by atoms with Gasteiger partial charge >= 0.3 is 11.8 Å². The zero-order valence-corrected chi connectivity index (χ0v) is 16.6. The average Bonchev–Trinajstić information content (AvgIpc) is 3.31. The zero-order chi connectivity index (χ0) is 20.2. The second kappa shape index (κ2) is 8.24. The third-order valence-electron chi connectivity index (χ3n) is 4.36. The summed E-state index contributed by atoms with van der Waals surface area (Å²) in [5, 5.41) is 11.8. The highest BCUT2D eigenvalue weighted by atomic mass is 32.1. The van der Waals surface area contributed by atoms with Crippen LogP contribution in [-0.4, -0.2) is 33.0 Å². The maximum atomic E-state index is 12.0. The van der Waals surface area contributed by atoms with Gasteiger partial charge in [-0.3, -0.25) is 9.59 Å². The van der Waals surface area contributed by atoms with Gasteiger partial charge in [-0.05, 0) is 19.1 Å². The Hall–Kier alpha value is -3.52. The lowest BCUT2D eigenvalue weighted by Gasteiger charge is -2.06. The fraction of sp³-hybridized carbons (Fsp3) is 0.143. The second-order valence-electron chi connectivity index (χ2n) is 6.55. The first kappa shape index (κ1) is 18.8. The third-order valence-corrected chi connectivity index (χ3v) is 5.23. The smallest absolute Gasteiger partial charge is 0.313 e. The summed E-state index contributed by atoms with van der Waals surface area (Å²) in [6, 6.07) is 16.9. The molecule has 0 aliphatic rings. The number of aryl methyl sites for hydroxylation is 1. The van der Waals surface area contributed by atoms with E-state index in [9.17, 15) is 9.59 Å². The van der Waals surface area contributed by atoms with Crippen LogP contribution in [0.25, 0.3) is 16.3 Å². The van der Waals surface area contributed by atoms with Crippen LogP contribution >= 0.6 is 11.3 Å². The largest absolute Gasteiger partial charge is 0.347 e. The minimum absolute atomic E-state index is 0.326. The van der Waals surface area contributed by atoms with Crippen molar-refractivity contribution in [1.82, 2.24) is 19.9 Å². The Morgan fingerprint density at radius 1 is 1.03 bits per heavy atom. The fourth-order valence-electron chi connectivity index (χ4n) is 2.82. The SMILES string of the molecule is Cc1ccc(-c2nc3scc(CCNC(=O)C(=O)Nc4ccccc4)n3n2)cc1. The van der Waals surface area contributed by atoms with Crippen molar-refractivity contribution in [3.05, 3.63) is 71.2 Å². The van der Waals surface area contributed by atoms with Crippen molar-refractivity contribution in [2.75, 3.05) is 11.9 Å². The number of amides is 2. The van der Waals surface area contributed by atoms with E-state index in [0.29, 0.717) is 24.5 Å². The molecule has 0 bridgehead atoms. The van der Waals surface area contributed by atoms with Crippen LogP contribution in [0.15, 0.2) is 60.0 Å². The highest BCUT2D eigenvalue weighted by Crippen LogP contribution is 2.21. The van der Waals surface area contributed by atoms with Gasteiger partial charge < -0.3 is 10.6 Å². The van der Waals surface area contributed by atoms with E-state index in [1.165, 1.54) is 16.9 Å². The molecule has 146 valence electrons. The standard InChI is InChI=1S/C21H19N5O2S/c1-14-7-9-15(10-8-14)18-24-21-26(25-18)17(13-29-21)11-12-22-19(27)20(28)23-16-5-3-2-4-6-16/h2-10,13H,11-12H2,1H3,(H,22,27)(H,23,28). The fourth-order valence-corrected chi connectivity index (χ4v) is 3.67. The Morgan fingerprint density at radius 2 is 1.79 bits per heavy atom. The Kier molecular flexibility index (Phi) is 5.35. The minimum Gasteiger partial charge on any atom is -0.347 e. The molecule has 0 radical (unpaired) electrons. The summed E-state index contributed by atoms with van der Waals surface area (Å²) in [5.41, 5.74) is 3.66. The van der Waals surface area contributed by atoms with E-state index in [4.69, 9.17) is 0 Å². The van der Waals surface area contributed by atoms with Crippen LogP contribution in [0.2, 0.25) is 0 Å². The number of thiazole rings is 1.